The van der Waals surface area contributed by atoms with Crippen molar-refractivity contribution in [2.45, 2.75) is 77.9 Å². The summed E-state index contributed by atoms with van der Waals surface area (Å²) in [5.41, 5.74) is 6.90. The SMILES string of the molecule is Cc1c2c(nc(C(C)C)c1C(O)c1ccc(C3(C)COC3)cc1)CC(C)(C)CC2O. The van der Waals surface area contributed by atoms with Gasteiger partial charge >= 0.3 is 0 Å². The van der Waals surface area contributed by atoms with Crippen molar-refractivity contribution in [3.05, 3.63) is 63.5 Å². The molecule has 1 saturated heterocycles. The summed E-state index contributed by atoms with van der Waals surface area (Å²) in [6.45, 7) is 14.3. The Morgan fingerprint density at radius 2 is 1.73 bits per heavy atom. The molecule has 1 aliphatic heterocycles. The van der Waals surface area contributed by atoms with Crippen molar-refractivity contribution in [3.8, 4) is 0 Å². The summed E-state index contributed by atoms with van der Waals surface area (Å²) in [7, 11) is 0. The van der Waals surface area contributed by atoms with E-state index in [2.05, 4.69) is 46.8 Å². The summed E-state index contributed by atoms with van der Waals surface area (Å²) in [5, 5.41) is 22.3. The second kappa shape index (κ2) is 7.44. The van der Waals surface area contributed by atoms with Crippen molar-refractivity contribution in [1.29, 1.82) is 0 Å². The molecule has 0 bridgehead atoms. The van der Waals surface area contributed by atoms with Crippen LogP contribution in [0.25, 0.3) is 0 Å². The minimum atomic E-state index is -0.762. The van der Waals surface area contributed by atoms with Gasteiger partial charge in [-0.1, -0.05) is 58.9 Å². The third-order valence-electron chi connectivity index (χ3n) is 6.96. The zero-order valence-corrected chi connectivity index (χ0v) is 19.1. The van der Waals surface area contributed by atoms with E-state index in [1.807, 2.05) is 19.1 Å². The number of benzene rings is 1. The van der Waals surface area contributed by atoms with E-state index in [4.69, 9.17) is 9.72 Å². The first-order valence-electron chi connectivity index (χ1n) is 11.1. The van der Waals surface area contributed by atoms with Gasteiger partial charge in [0.05, 0.1) is 19.3 Å². The predicted molar refractivity (Wildman–Crippen MR) is 119 cm³/mol. The lowest BCUT2D eigenvalue weighted by Crippen LogP contribution is -2.43. The third-order valence-corrected chi connectivity index (χ3v) is 6.96. The molecule has 2 aromatic rings. The number of hydrogen-bond donors (Lipinski definition) is 2. The summed E-state index contributed by atoms with van der Waals surface area (Å²) < 4.78 is 5.39. The van der Waals surface area contributed by atoms with E-state index in [1.165, 1.54) is 5.56 Å². The van der Waals surface area contributed by atoms with Crippen LogP contribution in [0.1, 0.15) is 98.4 Å². The van der Waals surface area contributed by atoms with Gasteiger partial charge in [-0.25, -0.2) is 0 Å². The van der Waals surface area contributed by atoms with Gasteiger partial charge in [-0.2, -0.15) is 0 Å². The number of aromatic nitrogens is 1. The Morgan fingerprint density at radius 1 is 1.10 bits per heavy atom. The molecule has 1 aromatic heterocycles. The standard InChI is InChI=1S/C26H35NO3/c1-15(2)23-22(16(3)21-19(27-23)11-25(4,5)12-20(21)28)24(29)17-7-9-18(10-8-17)26(6)13-30-14-26/h7-10,15,20,24,28-29H,11-14H2,1-6H3. The number of pyridine rings is 1. The van der Waals surface area contributed by atoms with Crippen LogP contribution < -0.4 is 0 Å². The lowest BCUT2D eigenvalue weighted by atomic mass is 9.72. The number of hydrogen-bond acceptors (Lipinski definition) is 4. The lowest BCUT2D eigenvalue weighted by Gasteiger charge is -2.38. The number of nitrogens with zero attached hydrogens (tertiary/aromatic N) is 1. The van der Waals surface area contributed by atoms with Crippen molar-refractivity contribution in [2.75, 3.05) is 13.2 Å². The van der Waals surface area contributed by atoms with E-state index in [1.54, 1.807) is 0 Å². The minimum absolute atomic E-state index is 0.0252. The third kappa shape index (κ3) is 3.59. The molecule has 1 fully saturated rings. The molecule has 30 heavy (non-hydrogen) atoms. The molecule has 2 N–H and O–H groups in total. The average Bonchev–Trinajstić information content (AvgIpc) is 2.64. The van der Waals surface area contributed by atoms with Crippen LogP contribution in [-0.4, -0.2) is 28.4 Å². The maximum absolute atomic E-state index is 11.4. The van der Waals surface area contributed by atoms with E-state index in [-0.39, 0.29) is 16.7 Å². The molecule has 2 unspecified atom stereocenters. The van der Waals surface area contributed by atoms with Gasteiger partial charge in [-0.15, -0.1) is 0 Å². The molecule has 2 heterocycles. The summed E-state index contributed by atoms with van der Waals surface area (Å²) in [4.78, 5) is 5.01. The van der Waals surface area contributed by atoms with Crippen LogP contribution in [-0.2, 0) is 16.6 Å². The molecule has 1 aromatic carbocycles. The predicted octanol–water partition coefficient (Wildman–Crippen LogP) is 4.89. The van der Waals surface area contributed by atoms with Gasteiger partial charge in [0, 0.05) is 27.9 Å². The largest absolute Gasteiger partial charge is 0.388 e. The molecule has 0 radical (unpaired) electrons. The van der Waals surface area contributed by atoms with E-state index in [0.717, 1.165) is 53.3 Å². The molecule has 0 saturated carbocycles. The van der Waals surface area contributed by atoms with E-state index < -0.39 is 12.2 Å². The van der Waals surface area contributed by atoms with E-state index >= 15 is 0 Å². The summed E-state index contributed by atoms with van der Waals surface area (Å²) in [6.07, 6.45) is 0.270. The Bertz CT molecular complexity index is 942. The first kappa shape index (κ1) is 21.5. The van der Waals surface area contributed by atoms with Crippen LogP contribution in [0, 0.1) is 12.3 Å². The maximum atomic E-state index is 11.4. The zero-order chi connectivity index (χ0) is 21.8. The summed E-state index contributed by atoms with van der Waals surface area (Å²) >= 11 is 0. The summed E-state index contributed by atoms with van der Waals surface area (Å²) in [5.74, 6) is 0.186. The topological polar surface area (TPSA) is 62.6 Å². The fraction of sp³-hybridized carbons (Fsp3) is 0.577. The quantitative estimate of drug-likeness (QED) is 0.755. The Hall–Kier alpha value is -1.75. The Labute approximate surface area is 180 Å². The highest BCUT2D eigenvalue weighted by molar-refractivity contribution is 5.48. The van der Waals surface area contributed by atoms with Crippen molar-refractivity contribution in [3.63, 3.8) is 0 Å². The highest BCUT2D eigenvalue weighted by atomic mass is 16.5. The molecule has 0 spiro atoms. The highest BCUT2D eigenvalue weighted by Crippen LogP contribution is 2.44. The Balaban J connectivity index is 1.77. The molecule has 162 valence electrons. The van der Waals surface area contributed by atoms with Gasteiger partial charge in [-0.3, -0.25) is 4.98 Å². The van der Waals surface area contributed by atoms with Crippen LogP contribution in [0.15, 0.2) is 24.3 Å². The van der Waals surface area contributed by atoms with Crippen LogP contribution in [0.5, 0.6) is 0 Å². The maximum Gasteiger partial charge on any atom is 0.106 e. The van der Waals surface area contributed by atoms with Gasteiger partial charge < -0.3 is 14.9 Å². The molecular weight excluding hydrogens is 374 g/mol. The average molecular weight is 410 g/mol. The number of fused-ring (bicyclic) bond motifs is 1. The van der Waals surface area contributed by atoms with Crippen molar-refractivity contribution >= 4 is 0 Å². The Morgan fingerprint density at radius 3 is 2.27 bits per heavy atom. The first-order chi connectivity index (χ1) is 14.0. The van der Waals surface area contributed by atoms with Gasteiger partial charge in [-0.05, 0) is 47.8 Å². The molecule has 4 rings (SSSR count). The zero-order valence-electron chi connectivity index (χ0n) is 19.1. The first-order valence-corrected chi connectivity index (χ1v) is 11.1. The molecule has 2 aliphatic rings. The van der Waals surface area contributed by atoms with Crippen molar-refractivity contribution < 1.29 is 14.9 Å². The smallest absolute Gasteiger partial charge is 0.106 e. The molecular formula is C26H35NO3. The van der Waals surface area contributed by atoms with Gasteiger partial charge in [0.15, 0.2) is 0 Å². The van der Waals surface area contributed by atoms with Crippen LogP contribution in [0.4, 0.5) is 0 Å². The number of ether oxygens (including phenoxy) is 1. The van der Waals surface area contributed by atoms with Crippen LogP contribution >= 0.6 is 0 Å². The monoisotopic (exact) mass is 409 g/mol. The van der Waals surface area contributed by atoms with E-state index in [9.17, 15) is 10.2 Å². The van der Waals surface area contributed by atoms with Gasteiger partial charge in [0.2, 0.25) is 0 Å². The number of rotatable bonds is 4. The molecule has 1 aliphatic carbocycles. The molecule has 4 nitrogen and oxygen atoms in total. The van der Waals surface area contributed by atoms with Crippen molar-refractivity contribution in [2.24, 2.45) is 5.41 Å². The lowest BCUT2D eigenvalue weighted by molar-refractivity contribution is -0.0500. The number of aliphatic hydroxyl groups is 2. The molecule has 2 atom stereocenters. The van der Waals surface area contributed by atoms with Crippen molar-refractivity contribution in [1.82, 2.24) is 4.98 Å². The molecule has 0 amide bonds. The summed E-state index contributed by atoms with van der Waals surface area (Å²) in [6, 6.07) is 8.25. The normalized spacial score (nSPS) is 23.0. The minimum Gasteiger partial charge on any atom is -0.388 e. The van der Waals surface area contributed by atoms with E-state index in [0.29, 0.717) is 6.42 Å². The van der Waals surface area contributed by atoms with Gasteiger partial charge in [0.1, 0.15) is 6.10 Å². The fourth-order valence-electron chi connectivity index (χ4n) is 5.14. The van der Waals surface area contributed by atoms with Crippen LogP contribution in [0.3, 0.4) is 0 Å². The fourth-order valence-corrected chi connectivity index (χ4v) is 5.14. The van der Waals surface area contributed by atoms with Crippen LogP contribution in [0.2, 0.25) is 0 Å². The molecule has 4 heteroatoms. The van der Waals surface area contributed by atoms with Gasteiger partial charge in [0.25, 0.3) is 0 Å². The second-order valence-corrected chi connectivity index (χ2v) is 10.7. The second-order valence-electron chi connectivity index (χ2n) is 10.7. The number of aliphatic hydroxyl groups excluding tert-OH is 2. The Kier molecular flexibility index (Phi) is 5.32. The highest BCUT2D eigenvalue weighted by Gasteiger charge is 2.37.